The molecule has 1 aromatic heterocycles. The lowest BCUT2D eigenvalue weighted by Crippen LogP contribution is -2.43. The minimum Gasteiger partial charge on any atom is -0.397 e. The van der Waals surface area contributed by atoms with Gasteiger partial charge in [-0.15, -0.1) is 0 Å². The van der Waals surface area contributed by atoms with Crippen LogP contribution in [0.1, 0.15) is 18.4 Å². The lowest BCUT2D eigenvalue weighted by Gasteiger charge is -2.30. The van der Waals surface area contributed by atoms with Crippen LogP contribution in [0.5, 0.6) is 0 Å². The molecule has 0 saturated carbocycles. The van der Waals surface area contributed by atoms with E-state index in [4.69, 9.17) is 5.73 Å². The van der Waals surface area contributed by atoms with Crippen LogP contribution in [0.4, 0.5) is 11.5 Å². The van der Waals surface area contributed by atoms with Crippen molar-refractivity contribution in [3.05, 3.63) is 17.8 Å². The number of amides is 1. The summed E-state index contributed by atoms with van der Waals surface area (Å²) in [6, 6.07) is 2.17. The zero-order valence-electron chi connectivity index (χ0n) is 10.2. The molecule has 1 aliphatic heterocycles. The zero-order valence-corrected chi connectivity index (χ0v) is 10.2. The SMILES string of the molecule is Cc1cc(N)cnc1NC1CCC(=O)N(C)C1. The highest BCUT2D eigenvalue weighted by Gasteiger charge is 2.23. The predicted molar refractivity (Wildman–Crippen MR) is 67.7 cm³/mol. The highest BCUT2D eigenvalue weighted by atomic mass is 16.2. The number of likely N-dealkylation sites (tertiary alicyclic amines) is 1. The van der Waals surface area contributed by atoms with Crippen molar-refractivity contribution in [2.75, 3.05) is 24.6 Å². The van der Waals surface area contributed by atoms with E-state index in [1.54, 1.807) is 11.1 Å². The number of nitrogens with zero attached hydrogens (tertiary/aromatic N) is 2. The lowest BCUT2D eigenvalue weighted by atomic mass is 10.1. The Morgan fingerprint density at radius 3 is 3.00 bits per heavy atom. The number of aryl methyl sites for hydroxylation is 1. The van der Waals surface area contributed by atoms with E-state index in [0.717, 1.165) is 24.3 Å². The van der Waals surface area contributed by atoms with Crippen molar-refractivity contribution in [3.8, 4) is 0 Å². The van der Waals surface area contributed by atoms with Crippen LogP contribution < -0.4 is 11.1 Å². The topological polar surface area (TPSA) is 71.2 Å². The molecular formula is C12H18N4O. The van der Waals surface area contributed by atoms with Crippen molar-refractivity contribution in [1.82, 2.24) is 9.88 Å². The van der Waals surface area contributed by atoms with Gasteiger partial charge in [-0.25, -0.2) is 4.98 Å². The molecule has 3 N–H and O–H groups in total. The van der Waals surface area contributed by atoms with Gasteiger partial charge in [0, 0.05) is 26.1 Å². The molecule has 2 rings (SSSR count). The molecule has 1 saturated heterocycles. The summed E-state index contributed by atoms with van der Waals surface area (Å²) in [7, 11) is 1.83. The average molecular weight is 234 g/mol. The molecular weight excluding hydrogens is 216 g/mol. The van der Waals surface area contributed by atoms with Gasteiger partial charge in [-0.1, -0.05) is 0 Å². The maximum absolute atomic E-state index is 11.4. The largest absolute Gasteiger partial charge is 0.397 e. The van der Waals surface area contributed by atoms with Gasteiger partial charge in [-0.05, 0) is 25.0 Å². The van der Waals surface area contributed by atoms with Crippen molar-refractivity contribution < 1.29 is 4.79 Å². The summed E-state index contributed by atoms with van der Waals surface area (Å²) >= 11 is 0. The molecule has 1 aromatic rings. The first kappa shape index (κ1) is 11.7. The number of carbonyl (C=O) groups is 1. The number of aromatic nitrogens is 1. The number of piperidine rings is 1. The first-order chi connectivity index (χ1) is 8.06. The van der Waals surface area contributed by atoms with E-state index in [-0.39, 0.29) is 11.9 Å². The summed E-state index contributed by atoms with van der Waals surface area (Å²) in [5, 5.41) is 3.37. The molecule has 1 amide bonds. The van der Waals surface area contributed by atoms with Gasteiger partial charge in [0.25, 0.3) is 0 Å². The van der Waals surface area contributed by atoms with Crippen LogP contribution in [-0.2, 0) is 4.79 Å². The Kier molecular flexibility index (Phi) is 3.17. The normalized spacial score (nSPS) is 20.5. The average Bonchev–Trinajstić information content (AvgIpc) is 2.27. The molecule has 0 spiro atoms. The van der Waals surface area contributed by atoms with Gasteiger partial charge in [0.1, 0.15) is 5.82 Å². The molecule has 5 heteroatoms. The smallest absolute Gasteiger partial charge is 0.222 e. The third-order valence-electron chi connectivity index (χ3n) is 3.07. The summed E-state index contributed by atoms with van der Waals surface area (Å²) in [5.41, 5.74) is 7.36. The molecule has 0 radical (unpaired) electrons. The van der Waals surface area contributed by atoms with Crippen LogP contribution in [0.25, 0.3) is 0 Å². The van der Waals surface area contributed by atoms with Gasteiger partial charge < -0.3 is 16.0 Å². The molecule has 1 unspecified atom stereocenters. The Morgan fingerprint density at radius 2 is 2.35 bits per heavy atom. The molecule has 2 heterocycles. The summed E-state index contributed by atoms with van der Waals surface area (Å²) in [6.07, 6.45) is 3.10. The van der Waals surface area contributed by atoms with Crippen LogP contribution >= 0.6 is 0 Å². The van der Waals surface area contributed by atoms with E-state index < -0.39 is 0 Å². The Morgan fingerprint density at radius 1 is 1.59 bits per heavy atom. The van der Waals surface area contributed by atoms with Crippen molar-refractivity contribution >= 4 is 17.4 Å². The maximum atomic E-state index is 11.4. The van der Waals surface area contributed by atoms with E-state index >= 15 is 0 Å². The highest BCUT2D eigenvalue weighted by molar-refractivity contribution is 5.77. The predicted octanol–water partition coefficient (Wildman–Crippen LogP) is 1.00. The molecule has 0 aliphatic carbocycles. The monoisotopic (exact) mass is 234 g/mol. The van der Waals surface area contributed by atoms with Crippen molar-refractivity contribution in [2.24, 2.45) is 0 Å². The number of nitrogen functional groups attached to an aromatic ring is 1. The third-order valence-corrected chi connectivity index (χ3v) is 3.07. The molecule has 1 atom stereocenters. The number of anilines is 2. The van der Waals surface area contributed by atoms with Crippen LogP contribution in [0.3, 0.4) is 0 Å². The third kappa shape index (κ3) is 2.67. The minimum absolute atomic E-state index is 0.213. The second-order valence-corrected chi connectivity index (χ2v) is 4.59. The number of nitrogens with one attached hydrogen (secondary N) is 1. The van der Waals surface area contributed by atoms with Gasteiger partial charge in [0.05, 0.1) is 11.9 Å². The Hall–Kier alpha value is -1.78. The number of hydrogen-bond donors (Lipinski definition) is 2. The van der Waals surface area contributed by atoms with E-state index in [1.807, 2.05) is 20.0 Å². The summed E-state index contributed by atoms with van der Waals surface area (Å²) in [6.45, 7) is 2.70. The van der Waals surface area contributed by atoms with Gasteiger partial charge in [-0.3, -0.25) is 4.79 Å². The molecule has 92 valence electrons. The number of hydrogen-bond acceptors (Lipinski definition) is 4. The molecule has 5 nitrogen and oxygen atoms in total. The fraction of sp³-hybridized carbons (Fsp3) is 0.500. The van der Waals surface area contributed by atoms with Gasteiger partial charge in [0.15, 0.2) is 0 Å². The van der Waals surface area contributed by atoms with Crippen molar-refractivity contribution in [3.63, 3.8) is 0 Å². The Labute approximate surface area is 101 Å². The molecule has 17 heavy (non-hydrogen) atoms. The van der Waals surface area contributed by atoms with Crippen molar-refractivity contribution in [2.45, 2.75) is 25.8 Å². The second-order valence-electron chi connectivity index (χ2n) is 4.59. The lowest BCUT2D eigenvalue weighted by molar-refractivity contribution is -0.132. The Balaban J connectivity index is 2.03. The highest BCUT2D eigenvalue weighted by Crippen LogP contribution is 2.18. The fourth-order valence-corrected chi connectivity index (χ4v) is 2.07. The number of rotatable bonds is 2. The summed E-state index contributed by atoms with van der Waals surface area (Å²) < 4.78 is 0. The maximum Gasteiger partial charge on any atom is 0.222 e. The minimum atomic E-state index is 0.213. The van der Waals surface area contributed by atoms with Crippen LogP contribution in [0, 0.1) is 6.92 Å². The molecule has 1 aliphatic rings. The van der Waals surface area contributed by atoms with Crippen molar-refractivity contribution in [1.29, 1.82) is 0 Å². The molecule has 0 aromatic carbocycles. The molecule has 0 bridgehead atoms. The standard InChI is InChI=1S/C12H18N4O/c1-8-5-9(13)6-14-12(8)15-10-3-4-11(17)16(2)7-10/h5-6,10H,3-4,7,13H2,1-2H3,(H,14,15). The first-order valence-electron chi connectivity index (χ1n) is 5.79. The van der Waals surface area contributed by atoms with Crippen LogP contribution in [-0.4, -0.2) is 35.4 Å². The Bertz CT molecular complexity index is 433. The first-order valence-corrected chi connectivity index (χ1v) is 5.79. The van der Waals surface area contributed by atoms with E-state index in [1.165, 1.54) is 0 Å². The van der Waals surface area contributed by atoms with Gasteiger partial charge in [0.2, 0.25) is 5.91 Å². The summed E-state index contributed by atoms with van der Waals surface area (Å²) in [5.74, 6) is 1.07. The summed E-state index contributed by atoms with van der Waals surface area (Å²) in [4.78, 5) is 17.4. The molecule has 1 fully saturated rings. The van der Waals surface area contributed by atoms with Gasteiger partial charge in [-0.2, -0.15) is 0 Å². The number of likely N-dealkylation sites (N-methyl/N-ethyl adjacent to an activating group) is 1. The van der Waals surface area contributed by atoms with Gasteiger partial charge >= 0.3 is 0 Å². The van der Waals surface area contributed by atoms with Crippen LogP contribution in [0.2, 0.25) is 0 Å². The fourth-order valence-electron chi connectivity index (χ4n) is 2.07. The zero-order chi connectivity index (χ0) is 12.4. The van der Waals surface area contributed by atoms with E-state index in [0.29, 0.717) is 12.1 Å². The second kappa shape index (κ2) is 4.61. The quantitative estimate of drug-likeness (QED) is 0.801. The van der Waals surface area contributed by atoms with Crippen LogP contribution in [0.15, 0.2) is 12.3 Å². The van der Waals surface area contributed by atoms with E-state index in [9.17, 15) is 4.79 Å². The van der Waals surface area contributed by atoms with E-state index in [2.05, 4.69) is 10.3 Å². The number of nitrogens with two attached hydrogens (primary N) is 1. The number of carbonyl (C=O) groups excluding carboxylic acids is 1. The number of pyridine rings is 1.